The number of benzene rings is 4. The van der Waals surface area contributed by atoms with E-state index in [-0.39, 0.29) is 9.90 Å². The van der Waals surface area contributed by atoms with E-state index in [1.807, 2.05) is 0 Å². The van der Waals surface area contributed by atoms with Gasteiger partial charge in [0.2, 0.25) is 0 Å². The minimum atomic E-state index is -1.91. The number of hydrogen-bond donors (Lipinski definition) is 0. The van der Waals surface area contributed by atoms with Crippen molar-refractivity contribution < 1.29 is 0 Å². The molecule has 26 heavy (non-hydrogen) atoms. The Morgan fingerprint density at radius 1 is 0.308 bits per heavy atom. The van der Waals surface area contributed by atoms with Crippen LogP contribution in [0.4, 0.5) is 0 Å². The van der Waals surface area contributed by atoms with Crippen molar-refractivity contribution >= 4 is 38.4 Å². The summed E-state index contributed by atoms with van der Waals surface area (Å²) in [6.07, 6.45) is 0. The molecule has 0 aliphatic heterocycles. The summed E-state index contributed by atoms with van der Waals surface area (Å²) in [7, 11) is -1.91. The first-order chi connectivity index (χ1) is 12.4. The van der Waals surface area contributed by atoms with Crippen LogP contribution in [0, 0.1) is 0 Å². The minimum absolute atomic E-state index is 0. The summed E-state index contributed by atoms with van der Waals surface area (Å²) >= 11 is 0. The van der Waals surface area contributed by atoms with Gasteiger partial charge in [-0.2, -0.15) is 9.90 Å². The van der Waals surface area contributed by atoms with E-state index in [0.29, 0.717) is 0 Å². The van der Waals surface area contributed by atoms with Crippen LogP contribution in [0.1, 0.15) is 0 Å². The second kappa shape index (κ2) is 8.41. The summed E-state index contributed by atoms with van der Waals surface area (Å²) in [6.45, 7) is 0. The molecule has 0 spiro atoms. The summed E-state index contributed by atoms with van der Waals surface area (Å²) in [6, 6.07) is 43.8. The van der Waals surface area contributed by atoms with Gasteiger partial charge in [-0.1, -0.05) is 72.8 Å². The molecule has 0 aliphatic carbocycles. The molecule has 1 unspecified atom stereocenters. The first-order valence-corrected chi connectivity index (χ1v) is 10.3. The molecule has 4 aromatic rings. The molecule has 0 N–H and O–H groups in total. The third-order valence-electron chi connectivity index (χ3n) is 4.57. The van der Waals surface area contributed by atoms with Gasteiger partial charge in [-0.15, -0.1) is 0 Å². The van der Waals surface area contributed by atoms with Crippen LogP contribution in [0.25, 0.3) is 0 Å². The molecule has 1 atom stereocenters. The van der Waals surface area contributed by atoms with Gasteiger partial charge in [0.25, 0.3) is 0 Å². The van der Waals surface area contributed by atoms with Gasteiger partial charge in [0, 0.05) is 0 Å². The van der Waals surface area contributed by atoms with Crippen LogP contribution in [-0.4, -0.2) is 0 Å². The van der Waals surface area contributed by atoms with E-state index in [4.69, 9.17) is 0 Å². The topological polar surface area (TPSA) is 0 Å². The molecule has 0 saturated carbocycles. The van der Waals surface area contributed by atoms with Crippen molar-refractivity contribution in [1.29, 1.82) is 0 Å². The van der Waals surface area contributed by atoms with Crippen LogP contribution in [-0.2, 0) is 0 Å². The maximum absolute atomic E-state index is 2.28. The first-order valence-electron chi connectivity index (χ1n) is 8.54. The lowest BCUT2D eigenvalue weighted by atomic mass is 10.3. The highest BCUT2D eigenvalue weighted by Crippen LogP contribution is 2.53. The fourth-order valence-corrected chi connectivity index (χ4v) is 7.77. The SMILES string of the molecule is P.c1ccc([P+](c2ccccc2)(c2ccccc2)c2ccccc2)cc1. The Balaban J connectivity index is 0.00000196. The van der Waals surface area contributed by atoms with Crippen LogP contribution in [0.15, 0.2) is 121 Å². The molecule has 4 rings (SSSR count). The summed E-state index contributed by atoms with van der Waals surface area (Å²) in [4.78, 5) is 0. The van der Waals surface area contributed by atoms with E-state index in [9.17, 15) is 0 Å². The van der Waals surface area contributed by atoms with Crippen LogP contribution in [0.3, 0.4) is 0 Å². The van der Waals surface area contributed by atoms with Crippen LogP contribution < -0.4 is 21.2 Å². The van der Waals surface area contributed by atoms with E-state index in [2.05, 4.69) is 121 Å². The van der Waals surface area contributed by atoms with Gasteiger partial charge in [-0.05, 0) is 48.5 Å². The molecule has 0 radical (unpaired) electrons. The average Bonchev–Trinajstić information content (AvgIpc) is 2.72. The van der Waals surface area contributed by atoms with Gasteiger partial charge >= 0.3 is 0 Å². The number of rotatable bonds is 4. The van der Waals surface area contributed by atoms with E-state index >= 15 is 0 Å². The highest BCUT2D eigenvalue weighted by molar-refractivity contribution is 8.01. The molecule has 0 saturated heterocycles. The Morgan fingerprint density at radius 3 is 0.692 bits per heavy atom. The predicted octanol–water partition coefficient (Wildman–Crippen LogP) is 4.36. The molecular weight excluding hydrogens is 350 g/mol. The highest BCUT2D eigenvalue weighted by Gasteiger charge is 2.47. The van der Waals surface area contributed by atoms with E-state index in [1.54, 1.807) is 0 Å². The van der Waals surface area contributed by atoms with Crippen LogP contribution in [0.2, 0.25) is 0 Å². The molecule has 128 valence electrons. The van der Waals surface area contributed by atoms with Crippen molar-refractivity contribution in [2.45, 2.75) is 0 Å². The molecule has 0 bridgehead atoms. The third-order valence-corrected chi connectivity index (χ3v) is 8.86. The third kappa shape index (κ3) is 3.24. The van der Waals surface area contributed by atoms with Gasteiger partial charge in [-0.3, -0.25) is 0 Å². The lowest BCUT2D eigenvalue weighted by Gasteiger charge is -2.27. The molecule has 0 amide bonds. The van der Waals surface area contributed by atoms with Gasteiger partial charge in [0.1, 0.15) is 28.5 Å². The quantitative estimate of drug-likeness (QED) is 0.466. The molecule has 0 aliphatic rings. The monoisotopic (exact) mass is 373 g/mol. The average molecular weight is 373 g/mol. The molecule has 0 aromatic heterocycles. The van der Waals surface area contributed by atoms with E-state index < -0.39 is 7.26 Å². The van der Waals surface area contributed by atoms with E-state index in [1.165, 1.54) is 21.2 Å². The Bertz CT molecular complexity index is 757. The number of hydrogen-bond acceptors (Lipinski definition) is 0. The molecular formula is C24H23P2+. The molecule has 0 nitrogen and oxygen atoms in total. The van der Waals surface area contributed by atoms with E-state index in [0.717, 1.165) is 0 Å². The Morgan fingerprint density at radius 2 is 0.500 bits per heavy atom. The predicted molar refractivity (Wildman–Crippen MR) is 122 cm³/mol. The zero-order valence-electron chi connectivity index (χ0n) is 14.7. The highest BCUT2D eigenvalue weighted by atomic mass is 31.2. The second-order valence-corrected chi connectivity index (χ2v) is 9.42. The minimum Gasteiger partial charge on any atom is -0.153 e. The standard InChI is InChI=1S/C24H20P.H3P/c1-5-13-21(14-6-1)25(22-15-7-2-8-16-22,23-17-9-3-10-18-23)24-19-11-4-12-20-24;/h1-20H;1H3/q+1;. The van der Waals surface area contributed by atoms with Gasteiger partial charge in [0.15, 0.2) is 0 Å². The summed E-state index contributed by atoms with van der Waals surface area (Å²) in [5, 5.41) is 5.55. The summed E-state index contributed by atoms with van der Waals surface area (Å²) in [5.74, 6) is 0. The van der Waals surface area contributed by atoms with Crippen molar-refractivity contribution in [3.63, 3.8) is 0 Å². The van der Waals surface area contributed by atoms with Crippen molar-refractivity contribution in [3.05, 3.63) is 121 Å². The maximum Gasteiger partial charge on any atom is 0.144 e. The Labute approximate surface area is 159 Å². The lowest BCUT2D eigenvalue weighted by molar-refractivity contribution is 1.71. The maximum atomic E-state index is 2.28. The van der Waals surface area contributed by atoms with Gasteiger partial charge in [0.05, 0.1) is 0 Å². The first kappa shape index (κ1) is 18.5. The smallest absolute Gasteiger partial charge is 0.144 e. The lowest BCUT2D eigenvalue weighted by Crippen LogP contribution is -2.38. The largest absolute Gasteiger partial charge is 0.153 e. The van der Waals surface area contributed by atoms with Crippen LogP contribution >= 0.6 is 17.2 Å². The second-order valence-electron chi connectivity index (χ2n) is 6.01. The van der Waals surface area contributed by atoms with Crippen molar-refractivity contribution in [2.75, 3.05) is 0 Å². The van der Waals surface area contributed by atoms with Crippen LogP contribution in [0.5, 0.6) is 0 Å². The fourth-order valence-electron chi connectivity index (χ4n) is 3.50. The zero-order valence-corrected chi connectivity index (χ0v) is 17.0. The normalized spacial score (nSPS) is 10.8. The molecule has 2 heteroatoms. The summed E-state index contributed by atoms with van der Waals surface area (Å²) < 4.78 is 0. The Kier molecular flexibility index (Phi) is 6.00. The van der Waals surface area contributed by atoms with Crippen molar-refractivity contribution in [2.24, 2.45) is 0 Å². The fraction of sp³-hybridized carbons (Fsp3) is 0. The van der Waals surface area contributed by atoms with Crippen molar-refractivity contribution in [1.82, 2.24) is 0 Å². The molecule has 0 fully saturated rings. The zero-order chi connectivity index (χ0) is 17.0. The molecule has 4 aromatic carbocycles. The van der Waals surface area contributed by atoms with Crippen molar-refractivity contribution in [3.8, 4) is 0 Å². The molecule has 0 heterocycles. The van der Waals surface area contributed by atoms with Gasteiger partial charge in [-0.25, -0.2) is 0 Å². The Hall–Kier alpha value is -2.26. The summed E-state index contributed by atoms with van der Waals surface area (Å²) in [5.41, 5.74) is 0. The van der Waals surface area contributed by atoms with Gasteiger partial charge < -0.3 is 0 Å².